The van der Waals surface area contributed by atoms with Gasteiger partial charge in [0.25, 0.3) is 0 Å². The zero-order valence-electron chi connectivity index (χ0n) is 20.8. The lowest BCUT2D eigenvalue weighted by molar-refractivity contribution is -0.239. The van der Waals surface area contributed by atoms with E-state index in [0.717, 1.165) is 45.2 Å². The number of allylic oxidation sites excluding steroid dienone is 1. The van der Waals surface area contributed by atoms with Gasteiger partial charge in [0.05, 0.1) is 18.4 Å². The van der Waals surface area contributed by atoms with Crippen LogP contribution in [-0.2, 0) is 28.6 Å². The first-order valence-corrected chi connectivity index (χ1v) is 13.1. The standard InChI is InChI=1S/C27H37NO6/c1-14-11-28-12-18-7-5-17-6-8-19-21(25(31)32-4)10-26(23(17)19)24(28)20(14)9-22(34-16(3)30)27(18,26)13-33-15(2)29/h14,18-22,24H,5-13H2,1-4H3/t14-,18+,19+,20+,21+,22+,24-,26-,27+/m0/s1. The van der Waals surface area contributed by atoms with Crippen molar-refractivity contribution in [3.63, 3.8) is 0 Å². The molecular formula is C27H37NO6. The van der Waals surface area contributed by atoms with Crippen molar-refractivity contribution in [1.82, 2.24) is 4.90 Å². The van der Waals surface area contributed by atoms with Crippen LogP contribution in [0.1, 0.15) is 59.3 Å². The van der Waals surface area contributed by atoms with Crippen molar-refractivity contribution >= 4 is 17.9 Å². The molecule has 0 aromatic carbocycles. The lowest BCUT2D eigenvalue weighted by Crippen LogP contribution is -2.73. The molecule has 0 unspecified atom stereocenters. The van der Waals surface area contributed by atoms with Crippen LogP contribution in [-0.4, -0.2) is 61.8 Å². The highest BCUT2D eigenvalue weighted by Gasteiger charge is 2.79. The number of piperidine rings is 1. The Hall–Kier alpha value is -1.89. The summed E-state index contributed by atoms with van der Waals surface area (Å²) in [5, 5.41) is 0. The lowest BCUT2D eigenvalue weighted by Gasteiger charge is -2.67. The molecule has 7 nitrogen and oxygen atoms in total. The molecule has 4 fully saturated rings. The van der Waals surface area contributed by atoms with Gasteiger partial charge in [-0.05, 0) is 62.2 Å². The van der Waals surface area contributed by atoms with Crippen molar-refractivity contribution < 1.29 is 28.6 Å². The van der Waals surface area contributed by atoms with Gasteiger partial charge in [-0.15, -0.1) is 0 Å². The molecule has 2 saturated carbocycles. The molecule has 6 aliphatic rings. The Labute approximate surface area is 201 Å². The molecule has 186 valence electrons. The van der Waals surface area contributed by atoms with Gasteiger partial charge in [-0.3, -0.25) is 19.3 Å². The summed E-state index contributed by atoms with van der Waals surface area (Å²) in [6, 6.07) is 0.291. The van der Waals surface area contributed by atoms with Crippen LogP contribution < -0.4 is 0 Å². The predicted octanol–water partition coefficient (Wildman–Crippen LogP) is 3.12. The maximum atomic E-state index is 13.2. The Kier molecular flexibility index (Phi) is 5.01. The third-order valence-corrected chi connectivity index (χ3v) is 10.8. The van der Waals surface area contributed by atoms with E-state index < -0.39 is 5.41 Å². The molecule has 1 spiro atoms. The third kappa shape index (κ3) is 2.65. The second-order valence-corrected chi connectivity index (χ2v) is 11.9. The van der Waals surface area contributed by atoms with E-state index in [4.69, 9.17) is 14.2 Å². The summed E-state index contributed by atoms with van der Waals surface area (Å²) in [6.07, 6.45) is 5.27. The van der Waals surface area contributed by atoms with Gasteiger partial charge in [-0.25, -0.2) is 0 Å². The molecule has 2 heterocycles. The summed E-state index contributed by atoms with van der Waals surface area (Å²) in [6.45, 7) is 7.53. The van der Waals surface area contributed by atoms with Gasteiger partial charge in [0.15, 0.2) is 0 Å². The number of hydrogen-bond donors (Lipinski definition) is 0. The molecule has 9 atom stereocenters. The number of hydrogen-bond acceptors (Lipinski definition) is 7. The summed E-state index contributed by atoms with van der Waals surface area (Å²) in [4.78, 5) is 40.5. The Bertz CT molecular complexity index is 974. The fraction of sp³-hybridized carbons (Fsp3) is 0.815. The Morgan fingerprint density at radius 3 is 2.56 bits per heavy atom. The van der Waals surface area contributed by atoms with E-state index in [9.17, 15) is 14.4 Å². The van der Waals surface area contributed by atoms with E-state index in [1.165, 1.54) is 32.1 Å². The smallest absolute Gasteiger partial charge is 0.309 e. The Balaban J connectivity index is 1.62. The van der Waals surface area contributed by atoms with Crippen LogP contribution >= 0.6 is 0 Å². The maximum absolute atomic E-state index is 13.2. The summed E-state index contributed by atoms with van der Waals surface area (Å²) in [5.74, 6) is 0.432. The first kappa shape index (κ1) is 22.6. The van der Waals surface area contributed by atoms with Gasteiger partial charge in [0, 0.05) is 38.4 Å². The molecule has 0 radical (unpaired) electrons. The molecule has 4 aliphatic carbocycles. The van der Waals surface area contributed by atoms with E-state index in [0.29, 0.717) is 24.3 Å². The number of ether oxygens (including phenoxy) is 3. The van der Waals surface area contributed by atoms with Crippen molar-refractivity contribution in [3.05, 3.63) is 11.1 Å². The van der Waals surface area contributed by atoms with Gasteiger partial charge < -0.3 is 14.2 Å². The molecule has 2 aliphatic heterocycles. The maximum Gasteiger partial charge on any atom is 0.309 e. The second kappa shape index (κ2) is 7.55. The number of carbonyl (C=O) groups is 3. The highest BCUT2D eigenvalue weighted by atomic mass is 16.6. The van der Waals surface area contributed by atoms with E-state index in [-0.39, 0.29) is 53.8 Å². The number of esters is 3. The van der Waals surface area contributed by atoms with Gasteiger partial charge >= 0.3 is 17.9 Å². The molecule has 0 aromatic rings. The summed E-state index contributed by atoms with van der Waals surface area (Å²) in [5.41, 5.74) is 2.15. The zero-order valence-corrected chi connectivity index (χ0v) is 20.8. The molecule has 34 heavy (non-hydrogen) atoms. The Morgan fingerprint density at radius 1 is 1.09 bits per heavy atom. The molecule has 0 amide bonds. The molecule has 0 aromatic heterocycles. The van der Waals surface area contributed by atoms with Crippen LogP contribution in [0.15, 0.2) is 11.1 Å². The monoisotopic (exact) mass is 471 g/mol. The van der Waals surface area contributed by atoms with Crippen LogP contribution in [0.2, 0.25) is 0 Å². The van der Waals surface area contributed by atoms with Crippen molar-refractivity contribution in [3.8, 4) is 0 Å². The second-order valence-electron chi connectivity index (χ2n) is 11.9. The molecular weight excluding hydrogens is 434 g/mol. The van der Waals surface area contributed by atoms with Crippen LogP contribution in [0, 0.1) is 40.4 Å². The number of methoxy groups -OCH3 is 1. The minimum absolute atomic E-state index is 0.122. The average molecular weight is 472 g/mol. The van der Waals surface area contributed by atoms with Crippen molar-refractivity contribution in [2.24, 2.45) is 40.4 Å². The van der Waals surface area contributed by atoms with Crippen molar-refractivity contribution in [2.45, 2.75) is 71.4 Å². The van der Waals surface area contributed by atoms with Gasteiger partial charge in [0.2, 0.25) is 0 Å². The lowest BCUT2D eigenvalue weighted by atomic mass is 9.42. The van der Waals surface area contributed by atoms with Gasteiger partial charge in [-0.2, -0.15) is 0 Å². The quantitative estimate of drug-likeness (QED) is 0.354. The van der Waals surface area contributed by atoms with Gasteiger partial charge in [0.1, 0.15) is 12.7 Å². The highest BCUT2D eigenvalue weighted by molar-refractivity contribution is 5.75. The fourth-order valence-electron chi connectivity index (χ4n) is 10.0. The van der Waals surface area contributed by atoms with Crippen molar-refractivity contribution in [1.29, 1.82) is 0 Å². The fourth-order valence-corrected chi connectivity index (χ4v) is 10.0. The summed E-state index contributed by atoms with van der Waals surface area (Å²) >= 11 is 0. The van der Waals surface area contributed by atoms with E-state index >= 15 is 0 Å². The minimum atomic E-state index is -0.505. The van der Waals surface area contributed by atoms with Crippen molar-refractivity contribution in [2.75, 3.05) is 26.8 Å². The van der Waals surface area contributed by atoms with Crippen LogP contribution in [0.3, 0.4) is 0 Å². The average Bonchev–Trinajstić information content (AvgIpc) is 3.42. The predicted molar refractivity (Wildman–Crippen MR) is 122 cm³/mol. The first-order valence-electron chi connectivity index (χ1n) is 13.1. The van der Waals surface area contributed by atoms with Crippen LogP contribution in [0.5, 0.6) is 0 Å². The zero-order chi connectivity index (χ0) is 24.0. The topological polar surface area (TPSA) is 82.1 Å². The molecule has 7 heteroatoms. The molecule has 0 N–H and O–H groups in total. The highest BCUT2D eigenvalue weighted by Crippen LogP contribution is 2.77. The minimum Gasteiger partial charge on any atom is -0.469 e. The number of nitrogens with zero attached hydrogens (tertiary/aromatic N) is 1. The largest absolute Gasteiger partial charge is 0.469 e. The molecule has 6 rings (SSSR count). The molecule has 4 bridgehead atoms. The number of rotatable bonds is 4. The first-order chi connectivity index (χ1) is 16.2. The van der Waals surface area contributed by atoms with Gasteiger partial charge in [-0.1, -0.05) is 18.1 Å². The summed E-state index contributed by atoms with van der Waals surface area (Å²) in [7, 11) is 1.49. The summed E-state index contributed by atoms with van der Waals surface area (Å²) < 4.78 is 17.5. The normalized spacial score (nSPS) is 46.1. The van der Waals surface area contributed by atoms with E-state index in [1.807, 2.05) is 0 Å². The van der Waals surface area contributed by atoms with E-state index in [1.54, 1.807) is 0 Å². The van der Waals surface area contributed by atoms with Crippen LogP contribution in [0.25, 0.3) is 0 Å². The van der Waals surface area contributed by atoms with E-state index in [2.05, 4.69) is 11.8 Å². The molecule has 2 saturated heterocycles. The number of carbonyl (C=O) groups excluding carboxylic acids is 3. The SMILES string of the molecule is COC(=O)[C@@H]1C[C@@]23C4=C(CC[C@@H]5CN6C[C@H](C)[C@@H](C[C@@H](OC(C)=O)[C@@]52COC(C)=O)[C@H]63)CC[C@@H]41. The Morgan fingerprint density at radius 2 is 1.85 bits per heavy atom. The third-order valence-electron chi connectivity index (χ3n) is 10.8. The van der Waals surface area contributed by atoms with Crippen LogP contribution in [0.4, 0.5) is 0 Å².